The van der Waals surface area contributed by atoms with Crippen LogP contribution in [0.4, 0.5) is 0 Å². The molecule has 1 heterocycles. The molecule has 1 amide bonds. The molecule has 1 atom stereocenters. The number of hydrogen-bond donors (Lipinski definition) is 0. The number of nitrogens with zero attached hydrogens (tertiary/aromatic N) is 2. The van der Waals surface area contributed by atoms with Crippen LogP contribution < -0.4 is 0 Å². The first-order valence-electron chi connectivity index (χ1n) is 6.28. The number of hydrogen-bond acceptors (Lipinski definition) is 4. The van der Waals surface area contributed by atoms with Crippen LogP contribution in [0.5, 0.6) is 0 Å². The fourth-order valence-corrected chi connectivity index (χ4v) is 2.15. The zero-order valence-electron chi connectivity index (χ0n) is 11.7. The molecule has 1 aliphatic heterocycles. The molecule has 0 aromatic heterocycles. The Labute approximate surface area is 109 Å². The summed E-state index contributed by atoms with van der Waals surface area (Å²) in [5.74, 6) is -0.00450. The Morgan fingerprint density at radius 2 is 2.00 bits per heavy atom. The predicted octanol–water partition coefficient (Wildman–Crippen LogP) is 1.33. The average Bonchev–Trinajstić information content (AvgIpc) is 2.45. The lowest BCUT2D eigenvalue weighted by Crippen LogP contribution is -2.53. The van der Waals surface area contributed by atoms with E-state index in [9.17, 15) is 4.79 Å². The largest absolute Gasteiger partial charge is 0.369 e. The van der Waals surface area contributed by atoms with Crippen molar-refractivity contribution in [2.75, 3.05) is 27.3 Å². The van der Waals surface area contributed by atoms with Crippen LogP contribution in [-0.4, -0.2) is 49.3 Å². The van der Waals surface area contributed by atoms with E-state index in [1.165, 1.54) is 0 Å². The highest BCUT2D eigenvalue weighted by molar-refractivity contribution is 5.85. The summed E-state index contributed by atoms with van der Waals surface area (Å²) < 4.78 is 10.6. The Morgan fingerprint density at radius 1 is 1.44 bits per heavy atom. The van der Waals surface area contributed by atoms with Gasteiger partial charge in [0, 0.05) is 40.2 Å². The van der Waals surface area contributed by atoms with E-state index in [1.54, 1.807) is 26.0 Å². The molecule has 5 heteroatoms. The van der Waals surface area contributed by atoms with Crippen molar-refractivity contribution in [1.82, 2.24) is 4.90 Å². The van der Waals surface area contributed by atoms with E-state index in [0.29, 0.717) is 32.4 Å². The molecule has 0 N–H and O–H groups in total. The minimum absolute atomic E-state index is 0.00450. The third-order valence-corrected chi connectivity index (χ3v) is 4.03. The molecule has 1 rings (SSSR count). The van der Waals surface area contributed by atoms with Gasteiger partial charge in [-0.25, -0.2) is 0 Å². The molecule has 0 aliphatic carbocycles. The van der Waals surface area contributed by atoms with E-state index in [-0.39, 0.29) is 5.91 Å². The third-order valence-electron chi connectivity index (χ3n) is 4.03. The first-order valence-corrected chi connectivity index (χ1v) is 6.28. The second kappa shape index (κ2) is 5.68. The minimum Gasteiger partial charge on any atom is -0.369 e. The van der Waals surface area contributed by atoms with Crippen molar-refractivity contribution in [3.8, 4) is 6.07 Å². The number of nitriles is 1. The fourth-order valence-electron chi connectivity index (χ4n) is 2.15. The number of amides is 1. The molecule has 1 unspecified atom stereocenters. The lowest BCUT2D eigenvalue weighted by molar-refractivity contribution is -0.156. The Hall–Kier alpha value is -1.12. The van der Waals surface area contributed by atoms with Crippen molar-refractivity contribution in [1.29, 1.82) is 5.26 Å². The summed E-state index contributed by atoms with van der Waals surface area (Å²) in [6.45, 7) is 4.82. The van der Waals surface area contributed by atoms with Gasteiger partial charge in [0.2, 0.25) is 0 Å². The summed E-state index contributed by atoms with van der Waals surface area (Å²) in [4.78, 5) is 14.1. The molecule has 1 aliphatic rings. The first kappa shape index (κ1) is 14.9. The van der Waals surface area contributed by atoms with Crippen LogP contribution in [0, 0.1) is 11.3 Å². The van der Waals surface area contributed by atoms with Crippen LogP contribution in [0.15, 0.2) is 0 Å². The van der Waals surface area contributed by atoms with Crippen molar-refractivity contribution in [3.63, 3.8) is 0 Å². The summed E-state index contributed by atoms with van der Waals surface area (Å²) in [5.41, 5.74) is -1.49. The molecular formula is C13H22N2O3. The van der Waals surface area contributed by atoms with E-state index >= 15 is 0 Å². The van der Waals surface area contributed by atoms with Crippen LogP contribution in [0.25, 0.3) is 0 Å². The van der Waals surface area contributed by atoms with Crippen molar-refractivity contribution in [3.05, 3.63) is 0 Å². The maximum Gasteiger partial charge on any atom is 0.254 e. The molecule has 1 fully saturated rings. The van der Waals surface area contributed by atoms with Gasteiger partial charge < -0.3 is 14.4 Å². The zero-order valence-corrected chi connectivity index (χ0v) is 11.7. The van der Waals surface area contributed by atoms with Gasteiger partial charge in [-0.05, 0) is 13.3 Å². The highest BCUT2D eigenvalue weighted by Gasteiger charge is 2.41. The van der Waals surface area contributed by atoms with E-state index in [2.05, 4.69) is 6.07 Å². The summed E-state index contributed by atoms with van der Waals surface area (Å²) in [6, 6.07) is 2.20. The van der Waals surface area contributed by atoms with E-state index in [1.807, 2.05) is 6.92 Å². The van der Waals surface area contributed by atoms with Gasteiger partial charge in [-0.3, -0.25) is 4.79 Å². The minimum atomic E-state index is -0.764. The van der Waals surface area contributed by atoms with Crippen LogP contribution >= 0.6 is 0 Å². The quantitative estimate of drug-likeness (QED) is 0.759. The van der Waals surface area contributed by atoms with Gasteiger partial charge in [0.1, 0.15) is 5.60 Å². The molecular weight excluding hydrogens is 232 g/mol. The maximum atomic E-state index is 12.3. The monoisotopic (exact) mass is 254 g/mol. The maximum absolute atomic E-state index is 12.3. The molecule has 0 aromatic carbocycles. The summed E-state index contributed by atoms with van der Waals surface area (Å²) in [7, 11) is 3.10. The third kappa shape index (κ3) is 2.65. The molecule has 0 bridgehead atoms. The summed E-state index contributed by atoms with van der Waals surface area (Å²) >= 11 is 0. The van der Waals surface area contributed by atoms with Crippen LogP contribution in [-0.2, 0) is 14.3 Å². The summed E-state index contributed by atoms with van der Waals surface area (Å²) in [6.07, 6.45) is 1.73. The molecule has 0 aromatic rings. The van der Waals surface area contributed by atoms with Crippen LogP contribution in [0.2, 0.25) is 0 Å². The van der Waals surface area contributed by atoms with Gasteiger partial charge in [-0.15, -0.1) is 0 Å². The van der Waals surface area contributed by atoms with E-state index < -0.39 is 11.2 Å². The van der Waals surface area contributed by atoms with Gasteiger partial charge in [0.05, 0.1) is 6.07 Å². The Bertz CT molecular complexity index is 337. The van der Waals surface area contributed by atoms with Gasteiger partial charge in [-0.2, -0.15) is 5.26 Å². The van der Waals surface area contributed by atoms with Crippen molar-refractivity contribution < 1.29 is 14.3 Å². The van der Waals surface area contributed by atoms with Gasteiger partial charge >= 0.3 is 0 Å². The van der Waals surface area contributed by atoms with E-state index in [4.69, 9.17) is 14.7 Å². The smallest absolute Gasteiger partial charge is 0.254 e. The lowest BCUT2D eigenvalue weighted by Gasteiger charge is -2.39. The van der Waals surface area contributed by atoms with Crippen LogP contribution in [0.1, 0.15) is 33.1 Å². The normalized spacial score (nSPS) is 22.1. The van der Waals surface area contributed by atoms with Crippen molar-refractivity contribution in [2.45, 2.75) is 44.3 Å². The topological polar surface area (TPSA) is 62.6 Å². The number of piperidine rings is 1. The van der Waals surface area contributed by atoms with E-state index in [0.717, 1.165) is 0 Å². The van der Waals surface area contributed by atoms with Gasteiger partial charge in [0.15, 0.2) is 5.60 Å². The zero-order chi connectivity index (χ0) is 13.8. The van der Waals surface area contributed by atoms with Gasteiger partial charge in [0.25, 0.3) is 5.91 Å². The molecule has 0 radical (unpaired) electrons. The highest BCUT2D eigenvalue weighted by Crippen LogP contribution is 2.27. The number of ether oxygens (including phenoxy) is 2. The molecule has 1 saturated heterocycles. The van der Waals surface area contributed by atoms with Crippen molar-refractivity contribution in [2.24, 2.45) is 0 Å². The first-order chi connectivity index (χ1) is 8.47. The average molecular weight is 254 g/mol. The Morgan fingerprint density at radius 3 is 2.33 bits per heavy atom. The second-order valence-corrected chi connectivity index (χ2v) is 4.89. The summed E-state index contributed by atoms with van der Waals surface area (Å²) in [5, 5.41) is 9.12. The van der Waals surface area contributed by atoms with Gasteiger partial charge in [-0.1, -0.05) is 6.92 Å². The molecule has 0 spiro atoms. The molecule has 0 saturated carbocycles. The Balaban J connectivity index is 2.69. The number of carbonyl (C=O) groups excluding carboxylic acids is 1. The highest BCUT2D eigenvalue weighted by atomic mass is 16.5. The SMILES string of the molecule is CCC(C)(OC)C(=O)N1CCC(C#N)(OC)CC1. The molecule has 5 nitrogen and oxygen atoms in total. The Kier molecular flexibility index (Phi) is 4.71. The molecule has 102 valence electrons. The van der Waals surface area contributed by atoms with Crippen molar-refractivity contribution >= 4 is 5.91 Å². The molecule has 18 heavy (non-hydrogen) atoms. The standard InChI is InChI=1S/C13H22N2O3/c1-5-12(2,17-3)11(16)15-8-6-13(10-14,18-4)7-9-15/h5-9H2,1-4H3. The number of rotatable bonds is 4. The number of likely N-dealkylation sites (tertiary alicyclic amines) is 1. The van der Waals surface area contributed by atoms with Crippen LogP contribution in [0.3, 0.4) is 0 Å². The number of methoxy groups -OCH3 is 2. The predicted molar refractivity (Wildman–Crippen MR) is 66.9 cm³/mol. The second-order valence-electron chi connectivity index (χ2n) is 4.89. The number of carbonyl (C=O) groups is 1. The fraction of sp³-hybridized carbons (Fsp3) is 0.846. The lowest BCUT2D eigenvalue weighted by atomic mass is 9.91.